The molecule has 2 N–H and O–H groups in total. The van der Waals surface area contributed by atoms with Gasteiger partial charge in [-0.05, 0) is 12.0 Å². The molecule has 0 aliphatic heterocycles. The Labute approximate surface area is 119 Å². The minimum atomic E-state index is -4.76. The van der Waals surface area contributed by atoms with E-state index in [1.165, 1.54) is 30.3 Å². The maximum atomic E-state index is 13.0. The highest BCUT2D eigenvalue weighted by atomic mass is 32.2. The summed E-state index contributed by atoms with van der Waals surface area (Å²) in [7, 11) is -4.20. The Hall–Kier alpha value is -1.61. The minimum absolute atomic E-state index is 0.177. The van der Waals surface area contributed by atoms with Gasteiger partial charge in [-0.2, -0.15) is 21.6 Å². The van der Waals surface area contributed by atoms with Crippen LogP contribution >= 0.6 is 0 Å². The molecule has 5 nitrogen and oxygen atoms in total. The standard InChI is InChI=1S/C12H14F3NO4S/c13-12(14,15)10(9-5-2-1-3-6-9)11(17)16-7-4-8-21(18,19)20/h1-3,5-6,10H,4,7-8H2,(H,16,17)(H,18,19,20). The van der Waals surface area contributed by atoms with Gasteiger partial charge in [-0.1, -0.05) is 30.3 Å². The van der Waals surface area contributed by atoms with Gasteiger partial charge in [0.2, 0.25) is 5.91 Å². The van der Waals surface area contributed by atoms with Crippen LogP contribution < -0.4 is 5.32 Å². The third-order valence-electron chi connectivity index (χ3n) is 2.60. The highest BCUT2D eigenvalue weighted by Crippen LogP contribution is 2.34. The summed E-state index contributed by atoms with van der Waals surface area (Å²) >= 11 is 0. The number of benzene rings is 1. The molecule has 9 heteroatoms. The Morgan fingerprint density at radius 3 is 2.29 bits per heavy atom. The molecule has 0 saturated heterocycles. The number of rotatable bonds is 6. The summed E-state index contributed by atoms with van der Waals surface area (Å²) in [6, 6.07) is 6.69. The van der Waals surface area contributed by atoms with Gasteiger partial charge in [-0.3, -0.25) is 9.35 Å². The van der Waals surface area contributed by atoms with Crippen molar-refractivity contribution in [3.05, 3.63) is 35.9 Å². The highest BCUT2D eigenvalue weighted by molar-refractivity contribution is 7.85. The number of halogens is 3. The lowest BCUT2D eigenvalue weighted by Crippen LogP contribution is -2.38. The van der Waals surface area contributed by atoms with Crippen molar-refractivity contribution in [3.8, 4) is 0 Å². The van der Waals surface area contributed by atoms with Crippen LogP contribution in [-0.2, 0) is 14.9 Å². The van der Waals surface area contributed by atoms with Crippen molar-refractivity contribution in [1.29, 1.82) is 0 Å². The molecule has 0 heterocycles. The molecular formula is C12H14F3NO4S. The molecule has 0 saturated carbocycles. The molecule has 1 amide bonds. The third-order valence-corrected chi connectivity index (χ3v) is 3.41. The van der Waals surface area contributed by atoms with Gasteiger partial charge in [0.25, 0.3) is 10.1 Å². The molecule has 1 rings (SSSR count). The topological polar surface area (TPSA) is 83.5 Å². The smallest absolute Gasteiger partial charge is 0.355 e. The zero-order valence-corrected chi connectivity index (χ0v) is 11.6. The fraction of sp³-hybridized carbons (Fsp3) is 0.417. The van der Waals surface area contributed by atoms with Crippen molar-refractivity contribution >= 4 is 16.0 Å². The second kappa shape index (κ2) is 6.90. The third kappa shape index (κ3) is 6.13. The predicted molar refractivity (Wildman–Crippen MR) is 69.3 cm³/mol. The lowest BCUT2D eigenvalue weighted by Gasteiger charge is -2.20. The van der Waals surface area contributed by atoms with Gasteiger partial charge in [0.05, 0.1) is 5.75 Å². The van der Waals surface area contributed by atoms with Crippen molar-refractivity contribution in [2.75, 3.05) is 12.3 Å². The molecule has 0 aromatic heterocycles. The van der Waals surface area contributed by atoms with Gasteiger partial charge >= 0.3 is 6.18 Å². The molecule has 1 aromatic carbocycles. The number of nitrogens with one attached hydrogen (secondary N) is 1. The number of hydrogen-bond donors (Lipinski definition) is 2. The molecule has 1 unspecified atom stereocenters. The Morgan fingerprint density at radius 2 is 1.81 bits per heavy atom. The number of amides is 1. The van der Waals surface area contributed by atoms with Crippen LogP contribution in [0.2, 0.25) is 0 Å². The molecule has 0 radical (unpaired) electrons. The lowest BCUT2D eigenvalue weighted by molar-refractivity contribution is -0.164. The van der Waals surface area contributed by atoms with Crippen LogP contribution in [0, 0.1) is 0 Å². The molecule has 21 heavy (non-hydrogen) atoms. The maximum absolute atomic E-state index is 13.0. The normalized spacial score (nSPS) is 13.7. The average Bonchev–Trinajstić information content (AvgIpc) is 2.33. The van der Waals surface area contributed by atoms with Crippen molar-refractivity contribution < 1.29 is 30.9 Å². The first-order valence-corrected chi connectivity index (χ1v) is 7.57. The highest BCUT2D eigenvalue weighted by Gasteiger charge is 2.45. The quantitative estimate of drug-likeness (QED) is 0.616. The van der Waals surface area contributed by atoms with Crippen molar-refractivity contribution in [2.24, 2.45) is 0 Å². The van der Waals surface area contributed by atoms with Crippen LogP contribution in [0.5, 0.6) is 0 Å². The molecule has 0 bridgehead atoms. The molecule has 118 valence electrons. The van der Waals surface area contributed by atoms with Crippen LogP contribution in [0.15, 0.2) is 30.3 Å². The Balaban J connectivity index is 2.71. The van der Waals surface area contributed by atoms with E-state index in [9.17, 15) is 26.4 Å². The molecule has 0 spiro atoms. The van der Waals surface area contributed by atoms with E-state index in [0.717, 1.165) is 0 Å². The largest absolute Gasteiger partial charge is 0.404 e. The lowest BCUT2D eigenvalue weighted by atomic mass is 9.97. The number of carbonyl (C=O) groups is 1. The summed E-state index contributed by atoms with van der Waals surface area (Å²) in [5.74, 6) is -4.21. The minimum Gasteiger partial charge on any atom is -0.355 e. The van der Waals surface area contributed by atoms with Gasteiger partial charge in [-0.25, -0.2) is 0 Å². The van der Waals surface area contributed by atoms with E-state index in [-0.39, 0.29) is 18.5 Å². The zero-order valence-electron chi connectivity index (χ0n) is 10.8. The second-order valence-corrected chi connectivity index (χ2v) is 5.89. The van der Waals surface area contributed by atoms with Gasteiger partial charge in [-0.15, -0.1) is 0 Å². The summed E-state index contributed by atoms with van der Waals surface area (Å²) in [5.41, 5.74) is -0.197. The zero-order chi connectivity index (χ0) is 16.1. The Bertz CT molecular complexity index is 572. The average molecular weight is 325 g/mol. The Kier molecular flexibility index (Phi) is 5.73. The van der Waals surface area contributed by atoms with E-state index < -0.39 is 33.9 Å². The first-order valence-electron chi connectivity index (χ1n) is 5.96. The summed E-state index contributed by atoms with van der Waals surface area (Å²) in [6.45, 7) is -0.280. The van der Waals surface area contributed by atoms with E-state index in [4.69, 9.17) is 4.55 Å². The fourth-order valence-electron chi connectivity index (χ4n) is 1.70. The van der Waals surface area contributed by atoms with Gasteiger partial charge in [0.1, 0.15) is 0 Å². The molecule has 0 fully saturated rings. The molecule has 0 aliphatic carbocycles. The van der Waals surface area contributed by atoms with E-state index in [1.54, 1.807) is 0 Å². The number of hydrogen-bond acceptors (Lipinski definition) is 3. The number of carbonyl (C=O) groups excluding carboxylic acids is 1. The van der Waals surface area contributed by atoms with E-state index in [1.807, 2.05) is 5.32 Å². The van der Waals surface area contributed by atoms with Crippen LogP contribution in [0.25, 0.3) is 0 Å². The monoisotopic (exact) mass is 325 g/mol. The molecular weight excluding hydrogens is 311 g/mol. The first-order chi connectivity index (χ1) is 9.61. The fourth-order valence-corrected chi connectivity index (χ4v) is 2.21. The Morgan fingerprint density at radius 1 is 1.24 bits per heavy atom. The van der Waals surface area contributed by atoms with Gasteiger partial charge < -0.3 is 5.32 Å². The van der Waals surface area contributed by atoms with Crippen LogP contribution in [0.3, 0.4) is 0 Å². The molecule has 1 aromatic rings. The second-order valence-electron chi connectivity index (χ2n) is 4.32. The summed E-state index contributed by atoms with van der Waals surface area (Å²) < 4.78 is 68.3. The van der Waals surface area contributed by atoms with Crippen molar-refractivity contribution in [2.45, 2.75) is 18.5 Å². The van der Waals surface area contributed by atoms with E-state index in [0.29, 0.717) is 0 Å². The van der Waals surface area contributed by atoms with Gasteiger partial charge in [0, 0.05) is 6.54 Å². The van der Waals surface area contributed by atoms with Crippen molar-refractivity contribution in [3.63, 3.8) is 0 Å². The SMILES string of the molecule is O=C(NCCCS(=O)(=O)O)C(c1ccccc1)C(F)(F)F. The van der Waals surface area contributed by atoms with Crippen LogP contribution in [0.4, 0.5) is 13.2 Å². The van der Waals surface area contributed by atoms with Gasteiger partial charge in [0.15, 0.2) is 5.92 Å². The van der Waals surface area contributed by atoms with Crippen molar-refractivity contribution in [1.82, 2.24) is 5.32 Å². The summed E-state index contributed by atoms with van der Waals surface area (Å²) in [6.07, 6.45) is -4.93. The molecule has 0 aliphatic rings. The molecule has 1 atom stereocenters. The van der Waals surface area contributed by atoms with Crippen LogP contribution in [0.1, 0.15) is 17.9 Å². The maximum Gasteiger partial charge on any atom is 0.404 e. The van der Waals surface area contributed by atoms with E-state index >= 15 is 0 Å². The summed E-state index contributed by atoms with van der Waals surface area (Å²) in [5, 5.41) is 2.03. The van der Waals surface area contributed by atoms with E-state index in [2.05, 4.69) is 0 Å². The number of alkyl halides is 3. The first kappa shape index (κ1) is 17.4. The van der Waals surface area contributed by atoms with Crippen LogP contribution in [-0.4, -0.2) is 37.4 Å². The predicted octanol–water partition coefficient (Wildman–Crippen LogP) is 1.73. The summed E-state index contributed by atoms with van der Waals surface area (Å²) in [4.78, 5) is 11.7.